The van der Waals surface area contributed by atoms with Crippen LogP contribution in [0.15, 0.2) is 23.8 Å². The second-order valence-corrected chi connectivity index (χ2v) is 9.43. The Balaban J connectivity index is 1.57. The highest BCUT2D eigenvalue weighted by atomic mass is 32.1. The van der Waals surface area contributed by atoms with Crippen molar-refractivity contribution in [3.63, 3.8) is 0 Å². The molecule has 3 aromatic rings. The van der Waals surface area contributed by atoms with Crippen molar-refractivity contribution in [2.75, 3.05) is 45.1 Å². The van der Waals surface area contributed by atoms with Crippen molar-refractivity contribution in [1.82, 2.24) is 9.97 Å². The first-order valence-corrected chi connectivity index (χ1v) is 11.0. The Kier molecular flexibility index (Phi) is 5.22. The minimum Gasteiger partial charge on any atom is -0.363 e. The number of piperazine rings is 1. The van der Waals surface area contributed by atoms with Gasteiger partial charge in [0.1, 0.15) is 49.2 Å². The molecular formula is C19H27N5S2+2. The molecule has 1 saturated heterocycles. The summed E-state index contributed by atoms with van der Waals surface area (Å²) < 4.78 is 0. The standard InChI is InChI=1S/C19H25N5S2/c1-13-14(2)26-19-17(13)18(21-12-22-19)20-11-15(16-5-4-10-25-16)24-8-6-23(3)7-9-24/h4-5,10,12,15H,6-9,11H2,1-3H3,(H,20,21,22)/p+2/t15-/m0/s1. The van der Waals surface area contributed by atoms with Crippen molar-refractivity contribution >= 4 is 38.7 Å². The molecule has 7 heteroatoms. The summed E-state index contributed by atoms with van der Waals surface area (Å²) >= 11 is 3.63. The van der Waals surface area contributed by atoms with E-state index in [1.54, 1.807) is 27.5 Å². The third-order valence-electron chi connectivity index (χ3n) is 5.56. The maximum absolute atomic E-state index is 4.57. The van der Waals surface area contributed by atoms with Gasteiger partial charge in [-0.2, -0.15) is 0 Å². The van der Waals surface area contributed by atoms with E-state index in [0.29, 0.717) is 6.04 Å². The number of thiophene rings is 2. The number of hydrogen-bond donors (Lipinski definition) is 3. The minimum absolute atomic E-state index is 0.480. The summed E-state index contributed by atoms with van der Waals surface area (Å²) in [6, 6.07) is 4.93. The largest absolute Gasteiger partial charge is 0.363 e. The van der Waals surface area contributed by atoms with Gasteiger partial charge in [-0.25, -0.2) is 9.97 Å². The van der Waals surface area contributed by atoms with E-state index in [-0.39, 0.29) is 0 Å². The number of rotatable bonds is 5. The van der Waals surface area contributed by atoms with E-state index in [1.165, 1.54) is 46.9 Å². The molecule has 1 aliphatic rings. The zero-order chi connectivity index (χ0) is 18.1. The Morgan fingerprint density at radius 2 is 2.00 bits per heavy atom. The van der Waals surface area contributed by atoms with Gasteiger partial charge in [0.05, 0.1) is 23.9 Å². The van der Waals surface area contributed by atoms with Gasteiger partial charge in [0, 0.05) is 4.88 Å². The molecule has 0 amide bonds. The molecule has 4 rings (SSSR count). The Morgan fingerprint density at radius 3 is 2.73 bits per heavy atom. The van der Waals surface area contributed by atoms with Gasteiger partial charge in [0.25, 0.3) is 0 Å². The molecule has 0 spiro atoms. The molecule has 0 unspecified atom stereocenters. The first-order chi connectivity index (χ1) is 12.6. The molecule has 26 heavy (non-hydrogen) atoms. The second kappa shape index (κ2) is 7.60. The van der Waals surface area contributed by atoms with Crippen LogP contribution in [0.4, 0.5) is 5.82 Å². The molecule has 0 aromatic carbocycles. The lowest BCUT2D eigenvalue weighted by molar-refractivity contribution is -1.02. The molecule has 0 saturated carbocycles. The predicted octanol–water partition coefficient (Wildman–Crippen LogP) is 0.936. The summed E-state index contributed by atoms with van der Waals surface area (Å²) in [4.78, 5) is 16.2. The summed E-state index contributed by atoms with van der Waals surface area (Å²) in [5.41, 5.74) is 1.30. The predicted molar refractivity (Wildman–Crippen MR) is 110 cm³/mol. The lowest BCUT2D eigenvalue weighted by Gasteiger charge is -2.33. The van der Waals surface area contributed by atoms with Crippen LogP contribution in [0.25, 0.3) is 10.2 Å². The van der Waals surface area contributed by atoms with Gasteiger partial charge in [-0.15, -0.1) is 22.7 Å². The topological polar surface area (TPSA) is 46.7 Å². The van der Waals surface area contributed by atoms with Crippen LogP contribution in [0.1, 0.15) is 21.4 Å². The van der Waals surface area contributed by atoms with Crippen molar-refractivity contribution in [2.45, 2.75) is 19.9 Å². The van der Waals surface area contributed by atoms with Gasteiger partial charge in [-0.1, -0.05) is 6.07 Å². The number of aromatic nitrogens is 2. The number of nitrogens with one attached hydrogen (secondary N) is 3. The number of aryl methyl sites for hydroxylation is 2. The van der Waals surface area contributed by atoms with Gasteiger partial charge < -0.3 is 15.1 Å². The Bertz CT molecular complexity index is 866. The van der Waals surface area contributed by atoms with E-state index in [4.69, 9.17) is 0 Å². The van der Waals surface area contributed by atoms with Crippen LogP contribution in [-0.2, 0) is 0 Å². The summed E-state index contributed by atoms with van der Waals surface area (Å²) in [6.07, 6.45) is 1.69. The molecule has 1 aliphatic heterocycles. The van der Waals surface area contributed by atoms with Gasteiger partial charge in [-0.3, -0.25) is 0 Å². The Morgan fingerprint density at radius 1 is 1.19 bits per heavy atom. The molecule has 0 radical (unpaired) electrons. The molecule has 5 nitrogen and oxygen atoms in total. The number of nitrogens with zero attached hydrogens (tertiary/aromatic N) is 2. The SMILES string of the molecule is Cc1sc2ncnc(NC[C@@H](c3cccs3)[NH+]3CC[NH+](C)CC3)c2c1C. The van der Waals surface area contributed by atoms with E-state index in [2.05, 4.69) is 53.7 Å². The zero-order valence-electron chi connectivity index (χ0n) is 15.6. The number of likely N-dealkylation sites (N-methyl/N-ethyl adjacent to an activating group) is 1. The van der Waals surface area contributed by atoms with Gasteiger partial charge in [-0.05, 0) is 30.9 Å². The molecule has 0 bridgehead atoms. The quantitative estimate of drug-likeness (QED) is 0.609. The fourth-order valence-corrected chi connectivity index (χ4v) is 5.68. The zero-order valence-corrected chi connectivity index (χ0v) is 17.3. The highest BCUT2D eigenvalue weighted by molar-refractivity contribution is 7.18. The minimum atomic E-state index is 0.480. The molecule has 3 aromatic heterocycles. The van der Waals surface area contributed by atoms with E-state index in [0.717, 1.165) is 17.2 Å². The number of quaternary nitrogens is 2. The van der Waals surface area contributed by atoms with Crippen LogP contribution in [0, 0.1) is 13.8 Å². The van der Waals surface area contributed by atoms with Crippen LogP contribution in [0.2, 0.25) is 0 Å². The highest BCUT2D eigenvalue weighted by Gasteiger charge is 2.30. The van der Waals surface area contributed by atoms with Crippen LogP contribution < -0.4 is 15.1 Å². The van der Waals surface area contributed by atoms with Crippen LogP contribution in [0.3, 0.4) is 0 Å². The Labute approximate surface area is 162 Å². The fraction of sp³-hybridized carbons (Fsp3) is 0.474. The highest BCUT2D eigenvalue weighted by Crippen LogP contribution is 2.32. The second-order valence-electron chi connectivity index (χ2n) is 7.25. The van der Waals surface area contributed by atoms with Crippen LogP contribution in [0.5, 0.6) is 0 Å². The maximum atomic E-state index is 4.57. The number of anilines is 1. The summed E-state index contributed by atoms with van der Waals surface area (Å²) in [6.45, 7) is 10.2. The van der Waals surface area contributed by atoms with Crippen molar-refractivity contribution in [2.24, 2.45) is 0 Å². The van der Waals surface area contributed by atoms with E-state index in [1.807, 2.05) is 11.3 Å². The molecule has 4 heterocycles. The Hall–Kier alpha value is -1.54. The normalized spacial score (nSPS) is 21.8. The summed E-state index contributed by atoms with van der Waals surface area (Å²) in [5, 5.41) is 7.06. The average Bonchev–Trinajstić information content (AvgIpc) is 3.26. The van der Waals surface area contributed by atoms with E-state index in [9.17, 15) is 0 Å². The summed E-state index contributed by atoms with van der Waals surface area (Å²) in [5.74, 6) is 0.984. The lowest BCUT2D eigenvalue weighted by Crippen LogP contribution is -3.27. The number of fused-ring (bicyclic) bond motifs is 1. The van der Waals surface area contributed by atoms with E-state index >= 15 is 0 Å². The molecule has 0 aliphatic carbocycles. The van der Waals surface area contributed by atoms with Crippen molar-refractivity contribution in [3.05, 3.63) is 39.2 Å². The van der Waals surface area contributed by atoms with Crippen LogP contribution in [-0.4, -0.2) is 49.7 Å². The molecule has 138 valence electrons. The molecule has 1 atom stereocenters. The maximum Gasteiger partial charge on any atom is 0.140 e. The van der Waals surface area contributed by atoms with Gasteiger partial charge in [0.15, 0.2) is 0 Å². The summed E-state index contributed by atoms with van der Waals surface area (Å²) in [7, 11) is 2.30. The van der Waals surface area contributed by atoms with Crippen molar-refractivity contribution in [3.8, 4) is 0 Å². The third kappa shape index (κ3) is 3.49. The molecular weight excluding hydrogens is 362 g/mol. The van der Waals surface area contributed by atoms with Gasteiger partial charge in [0.2, 0.25) is 0 Å². The average molecular weight is 390 g/mol. The molecule has 3 N–H and O–H groups in total. The number of hydrogen-bond acceptors (Lipinski definition) is 5. The first-order valence-electron chi connectivity index (χ1n) is 9.27. The fourth-order valence-electron chi connectivity index (χ4n) is 3.80. The third-order valence-corrected chi connectivity index (χ3v) is 7.67. The monoisotopic (exact) mass is 389 g/mol. The van der Waals surface area contributed by atoms with Gasteiger partial charge >= 0.3 is 0 Å². The van der Waals surface area contributed by atoms with Crippen molar-refractivity contribution < 1.29 is 9.80 Å². The van der Waals surface area contributed by atoms with E-state index < -0.39 is 0 Å². The van der Waals surface area contributed by atoms with Crippen LogP contribution >= 0.6 is 22.7 Å². The molecule has 1 fully saturated rings. The van der Waals surface area contributed by atoms with Crippen molar-refractivity contribution in [1.29, 1.82) is 0 Å². The lowest BCUT2D eigenvalue weighted by atomic mass is 10.1. The first kappa shape index (κ1) is 17.9. The smallest absolute Gasteiger partial charge is 0.140 e.